The lowest BCUT2D eigenvalue weighted by Crippen LogP contribution is -2.59. The zero-order valence-corrected chi connectivity index (χ0v) is 28.8. The Hall–Kier alpha value is -1.59. The summed E-state index contributed by atoms with van der Waals surface area (Å²) in [6.07, 6.45) is 24.6. The highest BCUT2D eigenvalue weighted by atomic mass is 16.7. The van der Waals surface area contributed by atoms with Crippen LogP contribution in [0.5, 0.6) is 0 Å². The minimum absolute atomic E-state index is 0.122. The Morgan fingerprint density at radius 3 is 2.00 bits per heavy atom. The summed E-state index contributed by atoms with van der Waals surface area (Å²) in [5.41, 5.74) is 0. The summed E-state index contributed by atoms with van der Waals surface area (Å²) in [6.45, 7) is 4.35. The highest BCUT2D eigenvalue weighted by Crippen LogP contribution is 2.22. The third kappa shape index (κ3) is 21.3. The molecular weight excluding hydrogens is 588 g/mol. The Kier molecular flexibility index (Phi) is 27.3. The summed E-state index contributed by atoms with van der Waals surface area (Å²) in [5, 5.41) is 39.8. The second-order valence-corrected chi connectivity index (χ2v) is 12.3. The van der Waals surface area contributed by atoms with Crippen molar-refractivity contribution >= 4 is 5.97 Å². The minimum Gasteiger partial charge on any atom is -0.457 e. The van der Waals surface area contributed by atoms with Crippen molar-refractivity contribution in [2.75, 3.05) is 26.4 Å². The van der Waals surface area contributed by atoms with Gasteiger partial charge in [0.15, 0.2) is 6.29 Å². The maximum absolute atomic E-state index is 12.6. The molecule has 4 N–H and O–H groups in total. The van der Waals surface area contributed by atoms with Gasteiger partial charge in [0.1, 0.15) is 30.5 Å². The van der Waals surface area contributed by atoms with Gasteiger partial charge in [0.2, 0.25) is 0 Å². The Balaban J connectivity index is 2.37. The lowest BCUT2D eigenvalue weighted by atomic mass is 9.99. The quantitative estimate of drug-likeness (QED) is 0.0407. The number of hydrogen-bond donors (Lipinski definition) is 4. The van der Waals surface area contributed by atoms with Gasteiger partial charge in [-0.25, -0.2) is 0 Å². The van der Waals surface area contributed by atoms with Gasteiger partial charge < -0.3 is 39.4 Å². The zero-order valence-electron chi connectivity index (χ0n) is 28.8. The first-order valence-electron chi connectivity index (χ1n) is 18.1. The van der Waals surface area contributed by atoms with Crippen LogP contribution in [0.15, 0.2) is 36.5 Å². The van der Waals surface area contributed by atoms with Crippen molar-refractivity contribution in [1.29, 1.82) is 0 Å². The SMILES string of the molecule is CC/C=C\C/C=C\C/C=C\CCCCCCOCC(COC1OC(CO)C(O)C(O)C1O)OC(=O)CCCCCCCCCCC. The summed E-state index contributed by atoms with van der Waals surface area (Å²) < 4.78 is 22.6. The van der Waals surface area contributed by atoms with E-state index >= 15 is 0 Å². The predicted molar refractivity (Wildman–Crippen MR) is 182 cm³/mol. The molecule has 268 valence electrons. The molecule has 1 aliphatic rings. The first-order chi connectivity index (χ1) is 22.4. The van der Waals surface area contributed by atoms with E-state index in [-0.39, 0.29) is 19.2 Å². The molecule has 9 nitrogen and oxygen atoms in total. The molecule has 0 bridgehead atoms. The number of aliphatic hydroxyl groups is 4. The monoisotopic (exact) mass is 654 g/mol. The zero-order chi connectivity index (χ0) is 33.7. The normalized spacial score (nSPS) is 22.8. The summed E-state index contributed by atoms with van der Waals surface area (Å²) in [4.78, 5) is 12.6. The Labute approximate surface area is 279 Å². The molecule has 1 rings (SSSR count). The molecule has 0 saturated carbocycles. The van der Waals surface area contributed by atoms with E-state index < -0.39 is 43.4 Å². The molecule has 0 aliphatic carbocycles. The van der Waals surface area contributed by atoms with Gasteiger partial charge in [-0.1, -0.05) is 115 Å². The lowest BCUT2D eigenvalue weighted by Gasteiger charge is -2.39. The van der Waals surface area contributed by atoms with Crippen LogP contribution in [0.1, 0.15) is 129 Å². The summed E-state index contributed by atoms with van der Waals surface area (Å²) in [6, 6.07) is 0. The molecular formula is C37H66O9. The standard InChI is InChI=1S/C37H66O9/c1-3-5-7-9-11-13-14-15-16-17-19-21-23-25-27-43-29-31(30-44-37-36(42)35(41)34(40)32(28-38)46-37)45-33(39)26-24-22-20-18-12-10-8-6-4-2/h5,7,11,13,15-16,31-32,34-38,40-42H,3-4,6,8-10,12,14,17-30H2,1-2H3/b7-5-,13-11-,16-15-. The van der Waals surface area contributed by atoms with E-state index in [2.05, 4.69) is 50.3 Å². The molecule has 1 fully saturated rings. The van der Waals surface area contributed by atoms with Crippen molar-refractivity contribution in [3.05, 3.63) is 36.5 Å². The molecule has 9 heteroatoms. The number of hydrogen-bond acceptors (Lipinski definition) is 9. The van der Waals surface area contributed by atoms with Gasteiger partial charge in [0, 0.05) is 13.0 Å². The van der Waals surface area contributed by atoms with E-state index in [4.69, 9.17) is 18.9 Å². The number of rotatable bonds is 29. The second-order valence-electron chi connectivity index (χ2n) is 12.3. The van der Waals surface area contributed by atoms with Gasteiger partial charge in [-0.2, -0.15) is 0 Å². The number of ether oxygens (including phenoxy) is 4. The molecule has 0 aromatic rings. The average Bonchev–Trinajstić information content (AvgIpc) is 3.05. The van der Waals surface area contributed by atoms with Crippen LogP contribution in [0, 0.1) is 0 Å². The number of allylic oxidation sites excluding steroid dienone is 6. The third-order valence-electron chi connectivity index (χ3n) is 8.07. The molecule has 0 aromatic carbocycles. The molecule has 1 aliphatic heterocycles. The smallest absolute Gasteiger partial charge is 0.306 e. The number of carbonyl (C=O) groups excluding carboxylic acids is 1. The van der Waals surface area contributed by atoms with Gasteiger partial charge in [0.05, 0.1) is 19.8 Å². The van der Waals surface area contributed by atoms with E-state index in [1.807, 2.05) is 0 Å². The van der Waals surface area contributed by atoms with E-state index in [1.54, 1.807) is 0 Å². The summed E-state index contributed by atoms with van der Waals surface area (Å²) >= 11 is 0. The van der Waals surface area contributed by atoms with Gasteiger partial charge in [-0.05, 0) is 44.9 Å². The number of carbonyl (C=O) groups is 1. The van der Waals surface area contributed by atoms with Crippen LogP contribution in [0.4, 0.5) is 0 Å². The van der Waals surface area contributed by atoms with Crippen LogP contribution in [0.25, 0.3) is 0 Å². The highest BCUT2D eigenvalue weighted by molar-refractivity contribution is 5.69. The molecule has 46 heavy (non-hydrogen) atoms. The van der Waals surface area contributed by atoms with Gasteiger partial charge in [0.25, 0.3) is 0 Å². The van der Waals surface area contributed by atoms with Crippen LogP contribution in [0.2, 0.25) is 0 Å². The van der Waals surface area contributed by atoms with E-state index in [1.165, 1.54) is 38.5 Å². The first kappa shape index (κ1) is 42.4. The minimum atomic E-state index is -1.54. The van der Waals surface area contributed by atoms with Crippen molar-refractivity contribution in [3.8, 4) is 0 Å². The van der Waals surface area contributed by atoms with Crippen LogP contribution in [-0.4, -0.2) is 89.6 Å². The van der Waals surface area contributed by atoms with Crippen LogP contribution in [-0.2, 0) is 23.7 Å². The molecule has 0 aromatic heterocycles. The van der Waals surface area contributed by atoms with Crippen molar-refractivity contribution in [3.63, 3.8) is 0 Å². The number of unbranched alkanes of at least 4 members (excludes halogenated alkanes) is 12. The Morgan fingerprint density at radius 1 is 0.717 bits per heavy atom. The first-order valence-corrected chi connectivity index (χ1v) is 18.1. The Bertz CT molecular complexity index is 798. The van der Waals surface area contributed by atoms with Crippen LogP contribution >= 0.6 is 0 Å². The molecule has 0 radical (unpaired) electrons. The van der Waals surface area contributed by atoms with Crippen molar-refractivity contribution in [2.45, 2.75) is 166 Å². The topological polar surface area (TPSA) is 135 Å². The van der Waals surface area contributed by atoms with Crippen LogP contribution < -0.4 is 0 Å². The predicted octanol–water partition coefficient (Wildman–Crippen LogP) is 6.46. The molecule has 1 saturated heterocycles. The number of esters is 1. The largest absolute Gasteiger partial charge is 0.457 e. The van der Waals surface area contributed by atoms with E-state index in [9.17, 15) is 25.2 Å². The van der Waals surface area contributed by atoms with E-state index in [0.717, 1.165) is 70.6 Å². The second kappa shape index (κ2) is 29.5. The molecule has 6 atom stereocenters. The highest BCUT2D eigenvalue weighted by Gasteiger charge is 2.44. The van der Waals surface area contributed by atoms with Crippen molar-refractivity contribution in [2.24, 2.45) is 0 Å². The molecule has 0 spiro atoms. The average molecular weight is 655 g/mol. The lowest BCUT2D eigenvalue weighted by molar-refractivity contribution is -0.305. The third-order valence-corrected chi connectivity index (χ3v) is 8.07. The summed E-state index contributed by atoms with van der Waals surface area (Å²) in [5.74, 6) is -0.328. The van der Waals surface area contributed by atoms with Crippen LogP contribution in [0.3, 0.4) is 0 Å². The van der Waals surface area contributed by atoms with Crippen molar-refractivity contribution < 1.29 is 44.2 Å². The van der Waals surface area contributed by atoms with Crippen molar-refractivity contribution in [1.82, 2.24) is 0 Å². The fourth-order valence-corrected chi connectivity index (χ4v) is 5.21. The molecule has 6 unspecified atom stereocenters. The fourth-order valence-electron chi connectivity index (χ4n) is 5.21. The van der Waals surface area contributed by atoms with Gasteiger partial charge in [-0.3, -0.25) is 4.79 Å². The Morgan fingerprint density at radius 2 is 1.33 bits per heavy atom. The molecule has 0 amide bonds. The summed E-state index contributed by atoms with van der Waals surface area (Å²) in [7, 11) is 0. The fraction of sp³-hybridized carbons (Fsp3) is 0.811. The maximum Gasteiger partial charge on any atom is 0.306 e. The molecule has 1 heterocycles. The van der Waals surface area contributed by atoms with Gasteiger partial charge in [-0.15, -0.1) is 0 Å². The van der Waals surface area contributed by atoms with Gasteiger partial charge >= 0.3 is 5.97 Å². The van der Waals surface area contributed by atoms with E-state index in [0.29, 0.717) is 13.0 Å². The maximum atomic E-state index is 12.6. The number of aliphatic hydroxyl groups excluding tert-OH is 4.